The summed E-state index contributed by atoms with van der Waals surface area (Å²) in [5.74, 6) is 0. The Morgan fingerprint density at radius 2 is 1.79 bits per heavy atom. The van der Waals surface area contributed by atoms with Gasteiger partial charge in [-0.3, -0.25) is 10.1 Å². The molecular formula is C18H27N3O3. The molecule has 24 heavy (non-hydrogen) atoms. The van der Waals surface area contributed by atoms with E-state index in [9.17, 15) is 15.2 Å². The molecule has 1 saturated heterocycles. The number of benzene rings is 1. The molecule has 0 aromatic heterocycles. The highest BCUT2D eigenvalue weighted by atomic mass is 16.6. The fourth-order valence-corrected chi connectivity index (χ4v) is 3.85. The summed E-state index contributed by atoms with van der Waals surface area (Å²) in [6, 6.07) is 7.24. The predicted octanol–water partition coefficient (Wildman–Crippen LogP) is 2.85. The quantitative estimate of drug-likeness (QED) is 0.640. The molecule has 3 rings (SSSR count). The van der Waals surface area contributed by atoms with Crippen molar-refractivity contribution in [1.29, 1.82) is 0 Å². The van der Waals surface area contributed by atoms with Crippen LogP contribution >= 0.6 is 0 Å². The molecule has 1 aromatic rings. The summed E-state index contributed by atoms with van der Waals surface area (Å²) in [6.45, 7) is 2.58. The highest BCUT2D eigenvalue weighted by Gasteiger charge is 2.30. The van der Waals surface area contributed by atoms with Crippen molar-refractivity contribution in [1.82, 2.24) is 5.32 Å². The van der Waals surface area contributed by atoms with Crippen LogP contribution in [0.4, 0.5) is 11.4 Å². The summed E-state index contributed by atoms with van der Waals surface area (Å²) in [6.07, 6.45) is 7.42. The monoisotopic (exact) mass is 333 g/mol. The Morgan fingerprint density at radius 1 is 1.17 bits per heavy atom. The summed E-state index contributed by atoms with van der Waals surface area (Å²) in [4.78, 5) is 12.6. The first kappa shape index (κ1) is 17.2. The smallest absolute Gasteiger partial charge is 0.269 e. The van der Waals surface area contributed by atoms with E-state index in [0.717, 1.165) is 57.3 Å². The minimum atomic E-state index is -0.506. The van der Waals surface area contributed by atoms with Crippen LogP contribution in [0.5, 0.6) is 0 Å². The number of aliphatic hydroxyl groups is 1. The highest BCUT2D eigenvalue weighted by molar-refractivity contribution is 5.51. The zero-order valence-corrected chi connectivity index (χ0v) is 14.1. The molecule has 6 heteroatoms. The van der Waals surface area contributed by atoms with E-state index in [4.69, 9.17) is 0 Å². The minimum absolute atomic E-state index is 0.135. The molecule has 0 atom stereocenters. The Morgan fingerprint density at radius 3 is 2.38 bits per heavy atom. The van der Waals surface area contributed by atoms with Gasteiger partial charge in [-0.2, -0.15) is 0 Å². The van der Waals surface area contributed by atoms with Crippen LogP contribution in [0.15, 0.2) is 24.3 Å². The standard InChI is InChI=1S/C18H27N3O3/c22-18(10-2-1-3-11-18)14-19-15-8-12-20(13-9-15)16-4-6-17(7-5-16)21(23)24/h4-7,15,19,22H,1-3,8-14H2. The number of anilines is 1. The topological polar surface area (TPSA) is 78.6 Å². The molecule has 0 unspecified atom stereocenters. The Labute approximate surface area is 143 Å². The lowest BCUT2D eigenvalue weighted by atomic mass is 9.84. The van der Waals surface area contributed by atoms with Gasteiger partial charge in [0.05, 0.1) is 10.5 Å². The molecule has 6 nitrogen and oxygen atoms in total. The summed E-state index contributed by atoms with van der Waals surface area (Å²) < 4.78 is 0. The molecule has 0 amide bonds. The molecule has 0 radical (unpaired) electrons. The average molecular weight is 333 g/mol. The van der Waals surface area contributed by atoms with Gasteiger partial charge in [0, 0.05) is 43.5 Å². The molecule has 2 N–H and O–H groups in total. The maximum Gasteiger partial charge on any atom is 0.269 e. The molecule has 1 aliphatic heterocycles. The largest absolute Gasteiger partial charge is 0.389 e. The second-order valence-electron chi connectivity index (χ2n) is 7.20. The first-order chi connectivity index (χ1) is 11.6. The number of nitro benzene ring substituents is 1. The summed E-state index contributed by atoms with van der Waals surface area (Å²) in [7, 11) is 0. The van der Waals surface area contributed by atoms with Crippen molar-refractivity contribution >= 4 is 11.4 Å². The predicted molar refractivity (Wildman–Crippen MR) is 94.4 cm³/mol. The lowest BCUT2D eigenvalue weighted by Crippen LogP contribution is -2.49. The average Bonchev–Trinajstić information content (AvgIpc) is 2.61. The molecule has 1 aromatic carbocycles. The van der Waals surface area contributed by atoms with Gasteiger partial charge in [-0.1, -0.05) is 19.3 Å². The number of hydrogen-bond donors (Lipinski definition) is 2. The van der Waals surface area contributed by atoms with E-state index in [1.165, 1.54) is 6.42 Å². The molecular weight excluding hydrogens is 306 g/mol. The van der Waals surface area contributed by atoms with E-state index in [2.05, 4.69) is 10.2 Å². The van der Waals surface area contributed by atoms with E-state index < -0.39 is 5.60 Å². The van der Waals surface area contributed by atoms with Gasteiger partial charge in [0.2, 0.25) is 0 Å². The van der Waals surface area contributed by atoms with Gasteiger partial charge < -0.3 is 15.3 Å². The van der Waals surface area contributed by atoms with Crippen molar-refractivity contribution in [3.05, 3.63) is 34.4 Å². The van der Waals surface area contributed by atoms with Crippen molar-refractivity contribution in [2.75, 3.05) is 24.5 Å². The second kappa shape index (κ2) is 7.49. The van der Waals surface area contributed by atoms with Crippen LogP contribution in [0.2, 0.25) is 0 Å². The Bertz CT molecular complexity index is 547. The SMILES string of the molecule is O=[N+]([O-])c1ccc(N2CCC(NCC3(O)CCCCC3)CC2)cc1. The molecule has 2 fully saturated rings. The lowest BCUT2D eigenvalue weighted by Gasteiger charge is -2.37. The van der Waals surface area contributed by atoms with Crippen LogP contribution in [-0.4, -0.2) is 41.3 Å². The third-order valence-corrected chi connectivity index (χ3v) is 5.42. The second-order valence-corrected chi connectivity index (χ2v) is 7.20. The normalized spacial score (nSPS) is 21.6. The van der Waals surface area contributed by atoms with Crippen LogP contribution in [0, 0.1) is 10.1 Å². The fourth-order valence-electron chi connectivity index (χ4n) is 3.85. The zero-order chi connectivity index (χ0) is 17.0. The Hall–Kier alpha value is -1.66. The summed E-state index contributed by atoms with van der Waals surface area (Å²) in [5, 5.41) is 24.9. The number of rotatable bonds is 5. The third kappa shape index (κ3) is 4.24. The van der Waals surface area contributed by atoms with E-state index in [1.807, 2.05) is 12.1 Å². The molecule has 0 spiro atoms. The molecule has 1 saturated carbocycles. The number of piperidine rings is 1. The first-order valence-corrected chi connectivity index (χ1v) is 9.01. The number of nitrogens with zero attached hydrogens (tertiary/aromatic N) is 2. The van der Waals surface area contributed by atoms with Crippen LogP contribution in [-0.2, 0) is 0 Å². The molecule has 1 aliphatic carbocycles. The molecule has 132 valence electrons. The van der Waals surface area contributed by atoms with Crippen LogP contribution < -0.4 is 10.2 Å². The lowest BCUT2D eigenvalue weighted by molar-refractivity contribution is -0.384. The Balaban J connectivity index is 1.46. The van der Waals surface area contributed by atoms with Crippen LogP contribution in [0.1, 0.15) is 44.9 Å². The van der Waals surface area contributed by atoms with Gasteiger partial charge in [-0.05, 0) is 37.8 Å². The highest BCUT2D eigenvalue weighted by Crippen LogP contribution is 2.28. The van der Waals surface area contributed by atoms with Crippen molar-refractivity contribution in [3.8, 4) is 0 Å². The van der Waals surface area contributed by atoms with Gasteiger partial charge in [0.25, 0.3) is 5.69 Å². The number of nitro groups is 1. The van der Waals surface area contributed by atoms with Crippen molar-refractivity contribution in [3.63, 3.8) is 0 Å². The first-order valence-electron chi connectivity index (χ1n) is 9.01. The molecule has 0 bridgehead atoms. The maximum atomic E-state index is 10.7. The zero-order valence-electron chi connectivity index (χ0n) is 14.1. The maximum absolute atomic E-state index is 10.7. The van der Waals surface area contributed by atoms with Gasteiger partial charge in [-0.25, -0.2) is 0 Å². The van der Waals surface area contributed by atoms with E-state index in [-0.39, 0.29) is 10.6 Å². The van der Waals surface area contributed by atoms with Gasteiger partial charge in [-0.15, -0.1) is 0 Å². The summed E-state index contributed by atoms with van der Waals surface area (Å²) in [5.41, 5.74) is 0.675. The van der Waals surface area contributed by atoms with E-state index >= 15 is 0 Å². The van der Waals surface area contributed by atoms with Gasteiger partial charge in [0.15, 0.2) is 0 Å². The van der Waals surface area contributed by atoms with Crippen LogP contribution in [0.3, 0.4) is 0 Å². The number of non-ortho nitro benzene ring substituents is 1. The molecule has 2 aliphatic rings. The van der Waals surface area contributed by atoms with E-state index in [1.54, 1.807) is 12.1 Å². The number of nitrogens with one attached hydrogen (secondary N) is 1. The van der Waals surface area contributed by atoms with Gasteiger partial charge in [0.1, 0.15) is 0 Å². The van der Waals surface area contributed by atoms with Crippen molar-refractivity contribution < 1.29 is 10.0 Å². The third-order valence-electron chi connectivity index (χ3n) is 5.42. The Kier molecular flexibility index (Phi) is 5.36. The van der Waals surface area contributed by atoms with Crippen molar-refractivity contribution in [2.45, 2.75) is 56.6 Å². The molecule has 1 heterocycles. The van der Waals surface area contributed by atoms with Crippen molar-refractivity contribution in [2.24, 2.45) is 0 Å². The van der Waals surface area contributed by atoms with Gasteiger partial charge >= 0.3 is 0 Å². The minimum Gasteiger partial charge on any atom is -0.389 e. The fraction of sp³-hybridized carbons (Fsp3) is 0.667. The summed E-state index contributed by atoms with van der Waals surface area (Å²) >= 11 is 0. The van der Waals surface area contributed by atoms with Crippen LogP contribution in [0.25, 0.3) is 0 Å². The van der Waals surface area contributed by atoms with E-state index in [0.29, 0.717) is 12.6 Å². The number of hydrogen-bond acceptors (Lipinski definition) is 5.